The number of hydrogen-bond donors (Lipinski definition) is 2. The smallest absolute Gasteiger partial charge is 0.257 e. The Hall–Kier alpha value is -3.15. The third-order valence-electron chi connectivity index (χ3n) is 4.54. The lowest BCUT2D eigenvalue weighted by Crippen LogP contribution is -2.31. The van der Waals surface area contributed by atoms with Crippen molar-refractivity contribution in [1.82, 2.24) is 10.3 Å². The van der Waals surface area contributed by atoms with Crippen molar-refractivity contribution in [3.05, 3.63) is 75.3 Å². The van der Waals surface area contributed by atoms with Gasteiger partial charge in [0.15, 0.2) is 18.2 Å². The van der Waals surface area contributed by atoms with Crippen LogP contribution in [-0.4, -0.2) is 24.0 Å². The third-order valence-corrected chi connectivity index (χ3v) is 4.54. The summed E-state index contributed by atoms with van der Waals surface area (Å²) in [6.45, 7) is 3.98. The van der Waals surface area contributed by atoms with Crippen molar-refractivity contribution in [2.24, 2.45) is 0 Å². The van der Waals surface area contributed by atoms with Gasteiger partial charge >= 0.3 is 0 Å². The van der Waals surface area contributed by atoms with Crippen LogP contribution in [-0.2, 0) is 11.2 Å². The fourth-order valence-electron chi connectivity index (χ4n) is 2.85. The molecule has 0 bridgehead atoms. The quantitative estimate of drug-likeness (QED) is 0.703. The summed E-state index contributed by atoms with van der Waals surface area (Å²) in [6, 6.07) is 11.7. The number of pyridine rings is 1. The summed E-state index contributed by atoms with van der Waals surface area (Å²) < 4.78 is 18.6. The van der Waals surface area contributed by atoms with Crippen LogP contribution in [0.3, 0.4) is 0 Å². The molecule has 5 nitrogen and oxygen atoms in total. The molecule has 6 heteroatoms. The maximum absolute atomic E-state index is 13.4. The number of aromatic nitrogens is 1. The van der Waals surface area contributed by atoms with E-state index in [9.17, 15) is 14.0 Å². The van der Waals surface area contributed by atoms with Crippen LogP contribution < -0.4 is 15.6 Å². The minimum atomic E-state index is -0.515. The van der Waals surface area contributed by atoms with Crippen molar-refractivity contribution in [3.63, 3.8) is 0 Å². The lowest BCUT2D eigenvalue weighted by Gasteiger charge is -2.09. The van der Waals surface area contributed by atoms with E-state index in [1.807, 2.05) is 32.0 Å². The molecule has 3 rings (SSSR count). The summed E-state index contributed by atoms with van der Waals surface area (Å²) in [5, 5.41) is 3.64. The summed E-state index contributed by atoms with van der Waals surface area (Å²) in [7, 11) is 0. The average molecular weight is 368 g/mol. The molecule has 27 heavy (non-hydrogen) atoms. The zero-order valence-electron chi connectivity index (χ0n) is 15.3. The van der Waals surface area contributed by atoms with E-state index in [1.165, 1.54) is 12.1 Å². The molecule has 0 aliphatic carbocycles. The Kier molecular flexibility index (Phi) is 5.54. The van der Waals surface area contributed by atoms with Gasteiger partial charge < -0.3 is 15.0 Å². The molecule has 0 aliphatic rings. The second-order valence-electron chi connectivity index (χ2n) is 6.41. The van der Waals surface area contributed by atoms with Gasteiger partial charge in [0.05, 0.1) is 5.52 Å². The first-order valence-electron chi connectivity index (χ1n) is 8.72. The molecule has 0 saturated carbocycles. The number of carbonyl (C=O) groups excluding carboxylic acids is 1. The standard InChI is InChI=1S/C21H21FN2O3/c1-13-7-8-15-11-16(21(26)24-20(15)14(13)2)9-10-23-19(25)12-27-18-6-4-3-5-17(18)22/h3-8,11H,9-10,12H2,1-2H3,(H,23,25)(H,24,26). The van der Waals surface area contributed by atoms with Gasteiger partial charge in [0.25, 0.3) is 11.5 Å². The SMILES string of the molecule is Cc1ccc2cc(CCNC(=O)COc3ccccc3F)c(=O)[nH]c2c1C. The molecule has 1 amide bonds. The number of benzene rings is 2. The summed E-state index contributed by atoms with van der Waals surface area (Å²) in [5.41, 5.74) is 3.45. The largest absolute Gasteiger partial charge is 0.481 e. The maximum Gasteiger partial charge on any atom is 0.257 e. The molecule has 0 fully saturated rings. The Morgan fingerprint density at radius 1 is 1.19 bits per heavy atom. The molecule has 0 radical (unpaired) electrons. The molecule has 0 spiro atoms. The van der Waals surface area contributed by atoms with Crippen molar-refractivity contribution >= 4 is 16.8 Å². The van der Waals surface area contributed by atoms with Crippen LogP contribution in [0.1, 0.15) is 16.7 Å². The zero-order chi connectivity index (χ0) is 19.4. The van der Waals surface area contributed by atoms with E-state index in [1.54, 1.807) is 12.1 Å². The molecule has 1 heterocycles. The highest BCUT2D eigenvalue weighted by molar-refractivity contribution is 5.83. The molecule has 0 aliphatic heterocycles. The van der Waals surface area contributed by atoms with E-state index in [2.05, 4.69) is 10.3 Å². The second-order valence-corrected chi connectivity index (χ2v) is 6.41. The van der Waals surface area contributed by atoms with Gasteiger partial charge in [0, 0.05) is 12.1 Å². The Bertz CT molecular complexity index is 1040. The molecular formula is C21H21FN2O3. The monoisotopic (exact) mass is 368 g/mol. The van der Waals surface area contributed by atoms with E-state index in [4.69, 9.17) is 4.74 Å². The van der Waals surface area contributed by atoms with Gasteiger partial charge in [0.2, 0.25) is 0 Å². The number of fused-ring (bicyclic) bond motifs is 1. The minimum Gasteiger partial charge on any atom is -0.481 e. The van der Waals surface area contributed by atoms with Crippen LogP contribution in [0.25, 0.3) is 10.9 Å². The molecule has 3 aromatic rings. The number of ether oxygens (including phenoxy) is 1. The van der Waals surface area contributed by atoms with Crippen molar-refractivity contribution in [2.75, 3.05) is 13.2 Å². The maximum atomic E-state index is 13.4. The van der Waals surface area contributed by atoms with Crippen LogP contribution >= 0.6 is 0 Å². The van der Waals surface area contributed by atoms with Crippen molar-refractivity contribution in [2.45, 2.75) is 20.3 Å². The number of halogens is 1. The number of aryl methyl sites for hydroxylation is 2. The third kappa shape index (κ3) is 4.34. The fraction of sp³-hybridized carbons (Fsp3) is 0.238. The van der Waals surface area contributed by atoms with Crippen LogP contribution in [0.2, 0.25) is 0 Å². The number of H-pyrrole nitrogens is 1. The van der Waals surface area contributed by atoms with Gasteiger partial charge in [-0.15, -0.1) is 0 Å². The summed E-state index contributed by atoms with van der Waals surface area (Å²) in [5.74, 6) is -0.857. The highest BCUT2D eigenvalue weighted by Crippen LogP contribution is 2.19. The number of hydrogen-bond acceptors (Lipinski definition) is 3. The van der Waals surface area contributed by atoms with Crippen LogP contribution in [0.15, 0.2) is 47.3 Å². The number of nitrogens with one attached hydrogen (secondary N) is 2. The predicted octanol–water partition coefficient (Wildman–Crippen LogP) is 3.02. The predicted molar refractivity (Wildman–Crippen MR) is 103 cm³/mol. The summed E-state index contributed by atoms with van der Waals surface area (Å²) in [4.78, 5) is 27.1. The molecule has 140 valence electrons. The number of amides is 1. The number of para-hydroxylation sites is 1. The molecule has 0 saturated heterocycles. The van der Waals surface area contributed by atoms with Crippen LogP contribution in [0.4, 0.5) is 4.39 Å². The average Bonchev–Trinajstić information content (AvgIpc) is 2.65. The Morgan fingerprint density at radius 2 is 1.96 bits per heavy atom. The summed E-state index contributed by atoms with van der Waals surface area (Å²) in [6.07, 6.45) is 0.392. The van der Waals surface area contributed by atoms with E-state index in [-0.39, 0.29) is 23.8 Å². The van der Waals surface area contributed by atoms with E-state index >= 15 is 0 Å². The van der Waals surface area contributed by atoms with Crippen molar-refractivity contribution in [1.29, 1.82) is 0 Å². The van der Waals surface area contributed by atoms with Gasteiger partial charge in [-0.25, -0.2) is 4.39 Å². The van der Waals surface area contributed by atoms with Crippen molar-refractivity contribution in [3.8, 4) is 5.75 Å². The first kappa shape index (κ1) is 18.6. The molecule has 2 aromatic carbocycles. The fourth-order valence-corrected chi connectivity index (χ4v) is 2.85. The molecule has 0 unspecified atom stereocenters. The first-order valence-corrected chi connectivity index (χ1v) is 8.72. The topological polar surface area (TPSA) is 71.2 Å². The van der Waals surface area contributed by atoms with E-state index in [0.717, 1.165) is 22.0 Å². The van der Waals surface area contributed by atoms with Crippen LogP contribution in [0, 0.1) is 19.7 Å². The zero-order valence-corrected chi connectivity index (χ0v) is 15.3. The number of aromatic amines is 1. The lowest BCUT2D eigenvalue weighted by molar-refractivity contribution is -0.123. The Balaban J connectivity index is 1.58. The van der Waals surface area contributed by atoms with Crippen molar-refractivity contribution < 1.29 is 13.9 Å². The molecule has 1 aromatic heterocycles. The van der Waals surface area contributed by atoms with Gasteiger partial charge in [-0.1, -0.05) is 24.3 Å². The first-order chi connectivity index (χ1) is 13.0. The van der Waals surface area contributed by atoms with Gasteiger partial charge in [0.1, 0.15) is 0 Å². The number of carbonyl (C=O) groups is 1. The van der Waals surface area contributed by atoms with E-state index < -0.39 is 5.82 Å². The van der Waals surface area contributed by atoms with Gasteiger partial charge in [-0.2, -0.15) is 0 Å². The minimum absolute atomic E-state index is 0.0317. The highest BCUT2D eigenvalue weighted by atomic mass is 19.1. The Labute approximate surface area is 156 Å². The lowest BCUT2D eigenvalue weighted by atomic mass is 10.0. The Morgan fingerprint density at radius 3 is 2.74 bits per heavy atom. The second kappa shape index (κ2) is 8.03. The summed E-state index contributed by atoms with van der Waals surface area (Å²) >= 11 is 0. The highest BCUT2D eigenvalue weighted by Gasteiger charge is 2.09. The number of rotatable bonds is 6. The molecule has 2 N–H and O–H groups in total. The van der Waals surface area contributed by atoms with Crippen LogP contribution in [0.5, 0.6) is 5.75 Å². The van der Waals surface area contributed by atoms with E-state index in [0.29, 0.717) is 18.5 Å². The van der Waals surface area contributed by atoms with Gasteiger partial charge in [-0.05, 0) is 55.0 Å². The normalized spacial score (nSPS) is 10.8. The van der Waals surface area contributed by atoms with Gasteiger partial charge in [-0.3, -0.25) is 9.59 Å². The molecular weight excluding hydrogens is 347 g/mol. The molecule has 0 atom stereocenters.